The predicted octanol–water partition coefficient (Wildman–Crippen LogP) is 6.72. The average molecular weight is 650 g/mol. The van der Waals surface area contributed by atoms with Gasteiger partial charge < -0.3 is 20.3 Å². The van der Waals surface area contributed by atoms with E-state index in [2.05, 4.69) is 50.0 Å². The highest BCUT2D eigenvalue weighted by molar-refractivity contribution is 6.02. The maximum absolute atomic E-state index is 13.9. The molecule has 3 aromatic carbocycles. The summed E-state index contributed by atoms with van der Waals surface area (Å²) in [6.07, 6.45) is 6.07. The molecule has 2 N–H and O–H groups in total. The first-order chi connectivity index (χ1) is 23.4. The van der Waals surface area contributed by atoms with Gasteiger partial charge in [0, 0.05) is 50.3 Å². The lowest BCUT2D eigenvalue weighted by Crippen LogP contribution is -2.52. The summed E-state index contributed by atoms with van der Waals surface area (Å²) < 4.78 is 19.8. The molecule has 248 valence electrons. The molecule has 2 unspecified atom stereocenters. The van der Waals surface area contributed by atoms with E-state index in [0.29, 0.717) is 47.5 Å². The molecule has 2 atom stereocenters. The van der Waals surface area contributed by atoms with Crippen molar-refractivity contribution in [3.63, 3.8) is 0 Å². The molecule has 11 heteroatoms. The Morgan fingerprint density at radius 2 is 1.83 bits per heavy atom. The smallest absolute Gasteiger partial charge is 0.247 e. The molecule has 1 aliphatic carbocycles. The third kappa shape index (κ3) is 6.69. The molecule has 0 radical (unpaired) electrons. The zero-order chi connectivity index (χ0) is 33.2. The fourth-order valence-electron chi connectivity index (χ4n) is 6.79. The molecule has 1 aromatic heterocycles. The van der Waals surface area contributed by atoms with E-state index >= 15 is 0 Å². The van der Waals surface area contributed by atoms with Gasteiger partial charge in [-0.25, -0.2) is 19.4 Å². The summed E-state index contributed by atoms with van der Waals surface area (Å²) >= 11 is 0. The van der Waals surface area contributed by atoms with Gasteiger partial charge in [0.2, 0.25) is 5.91 Å². The highest BCUT2D eigenvalue weighted by Crippen LogP contribution is 2.41. The summed E-state index contributed by atoms with van der Waals surface area (Å²) in [6.45, 7) is 9.11. The van der Waals surface area contributed by atoms with E-state index in [1.54, 1.807) is 18.2 Å². The van der Waals surface area contributed by atoms with Crippen LogP contribution < -0.4 is 25.3 Å². The van der Waals surface area contributed by atoms with Gasteiger partial charge in [-0.15, -0.1) is 0 Å². The number of hydrogen-bond acceptors (Lipinski definition) is 9. The number of nitrogens with one attached hydrogen (secondary N) is 2. The van der Waals surface area contributed by atoms with Crippen LogP contribution in [0.3, 0.4) is 0 Å². The SMILES string of the molecule is C=CC(=O)Nc1cc(Nc2cc(N3OCCC3c3cccc(-c4cccc(F)c4)c3)ncn2)c(OC)cc1N1CCN(C2CC2)C(C)C1. The second-order valence-corrected chi connectivity index (χ2v) is 12.5. The number of ether oxygens (including phenoxy) is 1. The van der Waals surface area contributed by atoms with Crippen molar-refractivity contribution in [2.45, 2.75) is 44.3 Å². The number of carbonyl (C=O) groups excluding carboxylic acids is 1. The van der Waals surface area contributed by atoms with Gasteiger partial charge in [0.15, 0.2) is 5.82 Å². The van der Waals surface area contributed by atoms with Crippen molar-refractivity contribution in [3.8, 4) is 16.9 Å². The molecule has 0 spiro atoms. The number of benzene rings is 3. The molecule has 2 aliphatic heterocycles. The summed E-state index contributed by atoms with van der Waals surface area (Å²) in [5, 5.41) is 8.19. The molecule has 0 bridgehead atoms. The minimum absolute atomic E-state index is 0.0985. The summed E-state index contributed by atoms with van der Waals surface area (Å²) in [5.41, 5.74) is 4.97. The molecule has 1 saturated carbocycles. The van der Waals surface area contributed by atoms with Crippen LogP contribution in [0.5, 0.6) is 5.75 Å². The quantitative estimate of drug-likeness (QED) is 0.182. The first kappa shape index (κ1) is 31.6. The molecular formula is C37H40FN7O3. The molecular weight excluding hydrogens is 609 g/mol. The number of rotatable bonds is 10. The Labute approximate surface area is 280 Å². The lowest BCUT2D eigenvalue weighted by Gasteiger charge is -2.42. The Bertz CT molecular complexity index is 1820. The van der Waals surface area contributed by atoms with Gasteiger partial charge in [-0.3, -0.25) is 14.5 Å². The van der Waals surface area contributed by atoms with Crippen molar-refractivity contribution in [3.05, 3.63) is 97.1 Å². The van der Waals surface area contributed by atoms with Crippen molar-refractivity contribution in [1.82, 2.24) is 14.9 Å². The molecule has 2 saturated heterocycles. The Balaban J connectivity index is 1.14. The Kier molecular flexibility index (Phi) is 8.96. The lowest BCUT2D eigenvalue weighted by atomic mass is 9.98. The van der Waals surface area contributed by atoms with Gasteiger partial charge >= 0.3 is 0 Å². The molecule has 3 heterocycles. The van der Waals surface area contributed by atoms with Crippen LogP contribution in [0.25, 0.3) is 11.1 Å². The predicted molar refractivity (Wildman–Crippen MR) is 186 cm³/mol. The number of carbonyl (C=O) groups is 1. The van der Waals surface area contributed by atoms with E-state index in [0.717, 1.165) is 48.4 Å². The molecule has 3 aliphatic rings. The third-order valence-corrected chi connectivity index (χ3v) is 9.27. The average Bonchev–Trinajstić information content (AvgIpc) is 3.83. The monoisotopic (exact) mass is 649 g/mol. The standard InChI is InChI=1S/C37H40FN7O3/c1-4-37(46)42-30-19-31(34(47-3)20-33(30)43-14-15-44(24(2)22-43)29-11-12-29)41-35-21-36(40-23-39-35)45-32(13-16-48-45)27-9-5-7-25(17-27)26-8-6-10-28(38)18-26/h4-10,17-21,23-24,29,32H,1,11-16,22H2,2-3H3,(H,42,46)(H,39,40,41). The van der Waals surface area contributed by atoms with Crippen molar-refractivity contribution >= 4 is 34.6 Å². The molecule has 1 amide bonds. The van der Waals surface area contributed by atoms with Crippen molar-refractivity contribution < 1.29 is 18.8 Å². The topological polar surface area (TPSA) is 95.1 Å². The highest BCUT2D eigenvalue weighted by Gasteiger charge is 2.36. The van der Waals surface area contributed by atoms with Crippen molar-refractivity contribution in [2.75, 3.05) is 53.9 Å². The number of amides is 1. The Morgan fingerprint density at radius 3 is 2.58 bits per heavy atom. The van der Waals surface area contributed by atoms with Gasteiger partial charge in [-0.1, -0.05) is 36.9 Å². The normalized spacial score (nSPS) is 19.6. The van der Waals surface area contributed by atoms with Crippen LogP contribution in [-0.2, 0) is 9.63 Å². The highest BCUT2D eigenvalue weighted by atomic mass is 19.1. The Hall–Kier alpha value is -5.00. The van der Waals surface area contributed by atoms with Gasteiger partial charge in [0.25, 0.3) is 0 Å². The van der Waals surface area contributed by atoms with Crippen LogP contribution in [-0.4, -0.2) is 66.2 Å². The van der Waals surface area contributed by atoms with Crippen molar-refractivity contribution in [2.24, 2.45) is 0 Å². The van der Waals surface area contributed by atoms with E-state index in [-0.39, 0.29) is 17.8 Å². The second-order valence-electron chi connectivity index (χ2n) is 12.5. The van der Waals surface area contributed by atoms with Crippen LogP contribution in [0.1, 0.15) is 37.8 Å². The first-order valence-corrected chi connectivity index (χ1v) is 16.4. The molecule has 3 fully saturated rings. The second kappa shape index (κ2) is 13.6. The number of piperazine rings is 1. The van der Waals surface area contributed by atoms with Gasteiger partial charge in [0.1, 0.15) is 23.7 Å². The maximum atomic E-state index is 13.9. The van der Waals surface area contributed by atoms with Gasteiger partial charge in [0.05, 0.1) is 36.8 Å². The van der Waals surface area contributed by atoms with Crippen LogP contribution >= 0.6 is 0 Å². The van der Waals surface area contributed by atoms with E-state index in [1.807, 2.05) is 42.5 Å². The lowest BCUT2D eigenvalue weighted by molar-refractivity contribution is -0.111. The number of hydrogen-bond donors (Lipinski definition) is 2. The number of aromatic nitrogens is 2. The van der Waals surface area contributed by atoms with E-state index in [1.165, 1.54) is 37.4 Å². The Morgan fingerprint density at radius 1 is 1.02 bits per heavy atom. The van der Waals surface area contributed by atoms with Crippen LogP contribution in [0, 0.1) is 5.82 Å². The molecule has 10 nitrogen and oxygen atoms in total. The van der Waals surface area contributed by atoms with Crippen molar-refractivity contribution in [1.29, 1.82) is 0 Å². The fraction of sp³-hybridized carbons (Fsp3) is 0.324. The summed E-state index contributed by atoms with van der Waals surface area (Å²) in [7, 11) is 1.63. The zero-order valence-corrected chi connectivity index (χ0v) is 27.2. The number of hydroxylamine groups is 1. The van der Waals surface area contributed by atoms with Crippen LogP contribution in [0.2, 0.25) is 0 Å². The molecule has 7 rings (SSSR count). The number of nitrogens with zero attached hydrogens (tertiary/aromatic N) is 5. The van der Waals surface area contributed by atoms with E-state index < -0.39 is 0 Å². The number of anilines is 5. The number of methoxy groups -OCH3 is 1. The summed E-state index contributed by atoms with van der Waals surface area (Å²) in [6, 6.07) is 21.3. The third-order valence-electron chi connectivity index (χ3n) is 9.27. The van der Waals surface area contributed by atoms with E-state index in [9.17, 15) is 9.18 Å². The van der Waals surface area contributed by atoms with Crippen LogP contribution in [0.15, 0.2) is 85.7 Å². The fourth-order valence-corrected chi connectivity index (χ4v) is 6.79. The zero-order valence-electron chi connectivity index (χ0n) is 27.2. The van der Waals surface area contributed by atoms with Crippen LogP contribution in [0.4, 0.5) is 33.1 Å². The largest absolute Gasteiger partial charge is 0.494 e. The maximum Gasteiger partial charge on any atom is 0.247 e. The summed E-state index contributed by atoms with van der Waals surface area (Å²) in [4.78, 5) is 32.5. The first-order valence-electron chi connectivity index (χ1n) is 16.4. The van der Waals surface area contributed by atoms with E-state index in [4.69, 9.17) is 9.57 Å². The molecule has 48 heavy (non-hydrogen) atoms. The minimum atomic E-state index is -0.292. The summed E-state index contributed by atoms with van der Waals surface area (Å²) in [5.74, 6) is 1.17. The van der Waals surface area contributed by atoms with Gasteiger partial charge in [-0.2, -0.15) is 0 Å². The van der Waals surface area contributed by atoms with Gasteiger partial charge in [-0.05, 0) is 66.8 Å². The number of halogens is 1. The molecule has 4 aromatic rings. The minimum Gasteiger partial charge on any atom is -0.494 e.